The van der Waals surface area contributed by atoms with Crippen molar-refractivity contribution in [3.05, 3.63) is 11.9 Å². The van der Waals surface area contributed by atoms with Crippen LogP contribution in [0, 0.1) is 5.41 Å². The SMILES string of the molecule is CC(C)(CCCO)CNc1cc(N)nc(C(C)(C)C)n1. The van der Waals surface area contributed by atoms with Crippen molar-refractivity contribution in [2.45, 2.75) is 52.9 Å². The van der Waals surface area contributed by atoms with E-state index in [1.807, 2.05) is 0 Å². The third-order valence-corrected chi connectivity index (χ3v) is 3.18. The number of aliphatic hydroxyl groups excluding tert-OH is 1. The van der Waals surface area contributed by atoms with Gasteiger partial charge in [0.1, 0.15) is 17.5 Å². The monoisotopic (exact) mass is 280 g/mol. The molecule has 0 spiro atoms. The van der Waals surface area contributed by atoms with Crippen LogP contribution in [0.2, 0.25) is 0 Å². The Balaban J connectivity index is 2.76. The minimum Gasteiger partial charge on any atom is -0.396 e. The van der Waals surface area contributed by atoms with Crippen LogP contribution in [-0.4, -0.2) is 28.2 Å². The van der Waals surface area contributed by atoms with Gasteiger partial charge in [-0.15, -0.1) is 0 Å². The van der Waals surface area contributed by atoms with Gasteiger partial charge in [-0.2, -0.15) is 0 Å². The minimum absolute atomic E-state index is 0.102. The zero-order chi connectivity index (χ0) is 15.4. The maximum atomic E-state index is 8.92. The molecular weight excluding hydrogens is 252 g/mol. The van der Waals surface area contributed by atoms with Crippen LogP contribution in [0.25, 0.3) is 0 Å². The molecule has 0 radical (unpaired) electrons. The number of nitrogen functional groups attached to an aromatic ring is 1. The van der Waals surface area contributed by atoms with Crippen LogP contribution in [-0.2, 0) is 5.41 Å². The largest absolute Gasteiger partial charge is 0.396 e. The number of hydrogen-bond donors (Lipinski definition) is 3. The Morgan fingerprint density at radius 2 is 1.85 bits per heavy atom. The fraction of sp³-hybridized carbons (Fsp3) is 0.733. The van der Waals surface area contributed by atoms with Gasteiger partial charge in [-0.3, -0.25) is 0 Å². The molecule has 0 aliphatic rings. The highest BCUT2D eigenvalue weighted by Crippen LogP contribution is 2.24. The maximum Gasteiger partial charge on any atom is 0.138 e. The van der Waals surface area contributed by atoms with E-state index in [1.165, 1.54) is 0 Å². The first-order chi connectivity index (χ1) is 9.14. The van der Waals surface area contributed by atoms with Gasteiger partial charge in [-0.1, -0.05) is 34.6 Å². The summed E-state index contributed by atoms with van der Waals surface area (Å²) in [6.45, 7) is 11.6. The molecule has 1 heterocycles. The van der Waals surface area contributed by atoms with E-state index < -0.39 is 0 Å². The fourth-order valence-corrected chi connectivity index (χ4v) is 1.87. The summed E-state index contributed by atoms with van der Waals surface area (Å²) in [6, 6.07) is 1.76. The summed E-state index contributed by atoms with van der Waals surface area (Å²) in [5.74, 6) is 1.99. The van der Waals surface area contributed by atoms with Gasteiger partial charge in [0, 0.05) is 24.6 Å². The van der Waals surface area contributed by atoms with Gasteiger partial charge in [0.05, 0.1) is 0 Å². The van der Waals surface area contributed by atoms with E-state index in [2.05, 4.69) is 49.9 Å². The van der Waals surface area contributed by atoms with Crippen molar-refractivity contribution in [3.8, 4) is 0 Å². The van der Waals surface area contributed by atoms with Crippen molar-refractivity contribution in [3.63, 3.8) is 0 Å². The molecular formula is C15H28N4O. The molecule has 0 unspecified atom stereocenters. The van der Waals surface area contributed by atoms with E-state index in [-0.39, 0.29) is 17.4 Å². The molecule has 1 aromatic rings. The number of nitrogens with two attached hydrogens (primary N) is 1. The van der Waals surface area contributed by atoms with Gasteiger partial charge in [0.15, 0.2) is 0 Å². The van der Waals surface area contributed by atoms with Crippen LogP contribution < -0.4 is 11.1 Å². The first-order valence-electron chi connectivity index (χ1n) is 7.14. The van der Waals surface area contributed by atoms with Gasteiger partial charge in [-0.05, 0) is 18.3 Å². The zero-order valence-corrected chi connectivity index (χ0v) is 13.3. The van der Waals surface area contributed by atoms with Crippen molar-refractivity contribution in [2.75, 3.05) is 24.2 Å². The number of rotatable bonds is 6. The standard InChI is InChI=1S/C15H28N4O/c1-14(2,3)13-18-11(16)9-12(19-13)17-10-15(4,5)7-6-8-20/h9,20H,6-8,10H2,1-5H3,(H3,16,17,18,19). The molecule has 5 heteroatoms. The van der Waals surface area contributed by atoms with Crippen LogP contribution in [0.5, 0.6) is 0 Å². The topological polar surface area (TPSA) is 84.1 Å². The Kier molecular flexibility index (Phi) is 5.34. The van der Waals surface area contributed by atoms with Gasteiger partial charge >= 0.3 is 0 Å². The minimum atomic E-state index is -0.127. The molecule has 0 bridgehead atoms. The molecule has 1 aromatic heterocycles. The second-order valence-electron chi connectivity index (χ2n) is 7.10. The third kappa shape index (κ3) is 5.33. The molecule has 0 saturated heterocycles. The van der Waals surface area contributed by atoms with Crippen LogP contribution in [0.1, 0.15) is 53.3 Å². The van der Waals surface area contributed by atoms with E-state index in [0.29, 0.717) is 5.82 Å². The molecule has 4 N–H and O–H groups in total. The second-order valence-corrected chi connectivity index (χ2v) is 7.10. The fourth-order valence-electron chi connectivity index (χ4n) is 1.87. The number of hydrogen-bond acceptors (Lipinski definition) is 5. The van der Waals surface area contributed by atoms with Gasteiger partial charge in [-0.25, -0.2) is 9.97 Å². The summed E-state index contributed by atoms with van der Waals surface area (Å²) >= 11 is 0. The van der Waals surface area contributed by atoms with Crippen LogP contribution in [0.4, 0.5) is 11.6 Å². The Morgan fingerprint density at radius 1 is 1.20 bits per heavy atom. The van der Waals surface area contributed by atoms with Gasteiger partial charge in [0.25, 0.3) is 0 Å². The number of aromatic nitrogens is 2. The molecule has 0 saturated carbocycles. The quantitative estimate of drug-likeness (QED) is 0.746. The molecule has 0 aliphatic carbocycles. The predicted molar refractivity (Wildman–Crippen MR) is 83.7 cm³/mol. The van der Waals surface area contributed by atoms with Gasteiger partial charge < -0.3 is 16.2 Å². The summed E-state index contributed by atoms with van der Waals surface area (Å²) in [5.41, 5.74) is 5.83. The molecule has 0 aromatic carbocycles. The van der Waals surface area contributed by atoms with Crippen LogP contribution in [0.3, 0.4) is 0 Å². The zero-order valence-electron chi connectivity index (χ0n) is 13.3. The number of aliphatic hydroxyl groups is 1. The molecule has 0 fully saturated rings. The predicted octanol–water partition coefficient (Wildman–Crippen LogP) is 2.57. The lowest BCUT2D eigenvalue weighted by atomic mass is 9.88. The number of nitrogens with zero attached hydrogens (tertiary/aromatic N) is 2. The normalized spacial score (nSPS) is 12.5. The summed E-state index contributed by atoms with van der Waals surface area (Å²) in [6.07, 6.45) is 1.77. The van der Waals surface area contributed by atoms with E-state index in [1.54, 1.807) is 6.07 Å². The van der Waals surface area contributed by atoms with E-state index in [0.717, 1.165) is 31.0 Å². The van der Waals surface area contributed by atoms with Crippen molar-refractivity contribution in [2.24, 2.45) is 5.41 Å². The molecule has 0 amide bonds. The molecule has 20 heavy (non-hydrogen) atoms. The van der Waals surface area contributed by atoms with E-state index in [4.69, 9.17) is 10.8 Å². The first-order valence-corrected chi connectivity index (χ1v) is 7.14. The Hall–Kier alpha value is -1.36. The lowest BCUT2D eigenvalue weighted by Gasteiger charge is -2.25. The third-order valence-electron chi connectivity index (χ3n) is 3.18. The smallest absolute Gasteiger partial charge is 0.138 e. The summed E-state index contributed by atoms with van der Waals surface area (Å²) < 4.78 is 0. The van der Waals surface area contributed by atoms with E-state index in [9.17, 15) is 0 Å². The molecule has 0 aliphatic heterocycles. The summed E-state index contributed by atoms with van der Waals surface area (Å²) in [7, 11) is 0. The van der Waals surface area contributed by atoms with Crippen LogP contribution in [0.15, 0.2) is 6.07 Å². The highest BCUT2D eigenvalue weighted by molar-refractivity contribution is 5.45. The van der Waals surface area contributed by atoms with Crippen molar-refractivity contribution < 1.29 is 5.11 Å². The summed E-state index contributed by atoms with van der Waals surface area (Å²) in [4.78, 5) is 8.83. The van der Waals surface area contributed by atoms with Crippen molar-refractivity contribution in [1.82, 2.24) is 9.97 Å². The summed E-state index contributed by atoms with van der Waals surface area (Å²) in [5, 5.41) is 12.3. The lowest BCUT2D eigenvalue weighted by molar-refractivity contribution is 0.248. The van der Waals surface area contributed by atoms with Gasteiger partial charge in [0.2, 0.25) is 0 Å². The Labute approximate surface area is 122 Å². The number of nitrogens with one attached hydrogen (secondary N) is 1. The Morgan fingerprint density at radius 3 is 2.40 bits per heavy atom. The molecule has 114 valence electrons. The molecule has 5 nitrogen and oxygen atoms in total. The highest BCUT2D eigenvalue weighted by Gasteiger charge is 2.20. The maximum absolute atomic E-state index is 8.92. The Bertz CT molecular complexity index is 438. The second kappa shape index (κ2) is 6.39. The number of anilines is 2. The van der Waals surface area contributed by atoms with E-state index >= 15 is 0 Å². The average molecular weight is 280 g/mol. The molecule has 1 rings (SSSR count). The van der Waals surface area contributed by atoms with Crippen molar-refractivity contribution >= 4 is 11.6 Å². The highest BCUT2D eigenvalue weighted by atomic mass is 16.2. The first kappa shape index (κ1) is 16.7. The van der Waals surface area contributed by atoms with Crippen LogP contribution >= 0.6 is 0 Å². The molecule has 0 atom stereocenters. The average Bonchev–Trinajstić information content (AvgIpc) is 2.32. The van der Waals surface area contributed by atoms with Crippen molar-refractivity contribution in [1.29, 1.82) is 0 Å². The lowest BCUT2D eigenvalue weighted by Crippen LogP contribution is -2.25.